The van der Waals surface area contributed by atoms with Gasteiger partial charge in [-0.25, -0.2) is 9.78 Å². The molecule has 0 aromatic carbocycles. The van der Waals surface area contributed by atoms with E-state index < -0.39 is 10.9 Å². The number of thiophene rings is 1. The van der Waals surface area contributed by atoms with Gasteiger partial charge in [-0.15, -0.1) is 11.3 Å². The standard InChI is InChI=1S/C21H21N5O4S/c1-12-10-14(11-23-24-19-16(26(29)30)7-5-9-22-19)13(2)25(12)20-18(21(27)28)15-6-3-4-8-17(15)31-20/h5,7,9-11H,3-4,6,8H2,1-2H3,(H,22,24)(H,27,28)/b23-11-. The fourth-order valence-electron chi connectivity index (χ4n) is 3.95. The summed E-state index contributed by atoms with van der Waals surface area (Å²) in [5, 5.41) is 25.8. The highest BCUT2D eigenvalue weighted by atomic mass is 32.1. The minimum absolute atomic E-state index is 0.0525. The van der Waals surface area contributed by atoms with Gasteiger partial charge in [0.15, 0.2) is 0 Å². The van der Waals surface area contributed by atoms with E-state index in [1.165, 1.54) is 18.3 Å². The fraction of sp³-hybridized carbons (Fsp3) is 0.286. The molecule has 0 radical (unpaired) electrons. The molecule has 0 saturated heterocycles. The Morgan fingerprint density at radius 2 is 2.16 bits per heavy atom. The van der Waals surface area contributed by atoms with Crippen molar-refractivity contribution >= 4 is 35.0 Å². The van der Waals surface area contributed by atoms with Crippen molar-refractivity contribution in [3.05, 3.63) is 67.5 Å². The van der Waals surface area contributed by atoms with Gasteiger partial charge in [0.2, 0.25) is 5.82 Å². The largest absolute Gasteiger partial charge is 0.478 e. The smallest absolute Gasteiger partial charge is 0.339 e. The molecule has 0 fully saturated rings. The van der Waals surface area contributed by atoms with Crippen LogP contribution < -0.4 is 5.43 Å². The molecule has 3 heterocycles. The number of nitrogens with zero attached hydrogens (tertiary/aromatic N) is 4. The van der Waals surface area contributed by atoms with Crippen molar-refractivity contribution in [2.75, 3.05) is 5.43 Å². The number of rotatable bonds is 6. The van der Waals surface area contributed by atoms with Crippen LogP contribution in [0.15, 0.2) is 29.5 Å². The number of fused-ring (bicyclic) bond motifs is 1. The molecular formula is C21H21N5O4S. The van der Waals surface area contributed by atoms with Crippen molar-refractivity contribution in [2.45, 2.75) is 39.5 Å². The summed E-state index contributed by atoms with van der Waals surface area (Å²) < 4.78 is 1.96. The molecule has 0 unspecified atom stereocenters. The Morgan fingerprint density at radius 1 is 1.39 bits per heavy atom. The van der Waals surface area contributed by atoms with Gasteiger partial charge < -0.3 is 9.67 Å². The summed E-state index contributed by atoms with van der Waals surface area (Å²) in [6.07, 6.45) is 6.82. The van der Waals surface area contributed by atoms with Crippen LogP contribution in [0.3, 0.4) is 0 Å². The lowest BCUT2D eigenvalue weighted by atomic mass is 9.95. The number of carbonyl (C=O) groups is 1. The zero-order chi connectivity index (χ0) is 22.1. The highest BCUT2D eigenvalue weighted by Crippen LogP contribution is 2.38. The third-order valence-corrected chi connectivity index (χ3v) is 6.67. The molecule has 3 aromatic heterocycles. The van der Waals surface area contributed by atoms with Crippen molar-refractivity contribution in [2.24, 2.45) is 5.10 Å². The summed E-state index contributed by atoms with van der Waals surface area (Å²) >= 11 is 1.55. The molecule has 4 rings (SSSR count). The van der Waals surface area contributed by atoms with Crippen molar-refractivity contribution in [1.29, 1.82) is 0 Å². The maximum absolute atomic E-state index is 12.1. The van der Waals surface area contributed by atoms with Gasteiger partial charge in [-0.2, -0.15) is 5.10 Å². The number of hydrogen-bond acceptors (Lipinski definition) is 7. The first-order valence-electron chi connectivity index (χ1n) is 9.84. The number of hydrogen-bond donors (Lipinski definition) is 2. The molecule has 0 bridgehead atoms. The Labute approximate surface area is 182 Å². The second-order valence-electron chi connectivity index (χ2n) is 7.36. The lowest BCUT2D eigenvalue weighted by Crippen LogP contribution is -2.09. The SMILES string of the molecule is Cc1cc(/C=N\Nc2ncccc2[N+](=O)[O-])c(C)n1-c1sc2c(c1C(=O)O)CCCC2. The Hall–Kier alpha value is -3.53. The van der Waals surface area contributed by atoms with E-state index in [2.05, 4.69) is 15.5 Å². The van der Waals surface area contributed by atoms with Gasteiger partial charge in [0.05, 0.1) is 16.7 Å². The first-order valence-corrected chi connectivity index (χ1v) is 10.7. The first-order chi connectivity index (χ1) is 14.9. The van der Waals surface area contributed by atoms with Crippen LogP contribution in [0.5, 0.6) is 0 Å². The predicted molar refractivity (Wildman–Crippen MR) is 119 cm³/mol. The molecule has 0 amide bonds. The molecule has 160 valence electrons. The van der Waals surface area contributed by atoms with E-state index in [1.807, 2.05) is 24.5 Å². The maximum atomic E-state index is 12.1. The monoisotopic (exact) mass is 439 g/mol. The highest BCUT2D eigenvalue weighted by molar-refractivity contribution is 7.15. The van der Waals surface area contributed by atoms with E-state index in [9.17, 15) is 20.0 Å². The molecule has 1 aliphatic rings. The van der Waals surface area contributed by atoms with Gasteiger partial charge in [-0.1, -0.05) is 0 Å². The number of pyridine rings is 1. The molecule has 2 N–H and O–H groups in total. The first kappa shape index (κ1) is 20.7. The predicted octanol–water partition coefficient (Wildman–Crippen LogP) is 4.48. The van der Waals surface area contributed by atoms with Gasteiger partial charge in [-0.05, 0) is 57.2 Å². The molecule has 10 heteroatoms. The number of aromatic nitrogens is 2. The number of nitro groups is 1. The zero-order valence-corrected chi connectivity index (χ0v) is 17.9. The van der Waals surface area contributed by atoms with Crippen LogP contribution >= 0.6 is 11.3 Å². The average Bonchev–Trinajstić information content (AvgIpc) is 3.24. The van der Waals surface area contributed by atoms with Crippen molar-refractivity contribution < 1.29 is 14.8 Å². The minimum atomic E-state index is -0.902. The van der Waals surface area contributed by atoms with Gasteiger partial charge in [0, 0.05) is 34.1 Å². The Balaban J connectivity index is 1.68. The van der Waals surface area contributed by atoms with E-state index >= 15 is 0 Å². The van der Waals surface area contributed by atoms with Crippen LogP contribution in [0, 0.1) is 24.0 Å². The maximum Gasteiger partial charge on any atom is 0.339 e. The Bertz CT molecular complexity index is 1210. The van der Waals surface area contributed by atoms with E-state index in [0.717, 1.165) is 58.1 Å². The molecule has 31 heavy (non-hydrogen) atoms. The van der Waals surface area contributed by atoms with E-state index in [0.29, 0.717) is 5.56 Å². The van der Waals surface area contributed by atoms with Crippen LogP contribution in [0.2, 0.25) is 0 Å². The number of nitrogens with one attached hydrogen (secondary N) is 1. The molecule has 0 saturated carbocycles. The summed E-state index contributed by atoms with van der Waals surface area (Å²) in [4.78, 5) is 27.8. The number of hydrazone groups is 1. The van der Waals surface area contributed by atoms with Crippen LogP contribution in [-0.4, -0.2) is 31.8 Å². The van der Waals surface area contributed by atoms with Crippen LogP contribution in [0.25, 0.3) is 5.00 Å². The molecule has 0 spiro atoms. The van der Waals surface area contributed by atoms with E-state index in [-0.39, 0.29) is 11.5 Å². The van der Waals surface area contributed by atoms with Gasteiger partial charge in [-0.3, -0.25) is 15.5 Å². The molecule has 1 aliphatic carbocycles. The number of carboxylic acids is 1. The number of anilines is 1. The summed E-state index contributed by atoms with van der Waals surface area (Å²) in [5.41, 5.74) is 6.34. The average molecular weight is 439 g/mol. The molecule has 3 aromatic rings. The Morgan fingerprint density at radius 3 is 2.90 bits per heavy atom. The van der Waals surface area contributed by atoms with Crippen molar-refractivity contribution in [3.63, 3.8) is 0 Å². The summed E-state index contributed by atoms with van der Waals surface area (Å²) in [7, 11) is 0. The van der Waals surface area contributed by atoms with Gasteiger partial charge >= 0.3 is 11.7 Å². The second-order valence-corrected chi connectivity index (χ2v) is 8.44. The third-order valence-electron chi connectivity index (χ3n) is 5.40. The molecule has 0 aliphatic heterocycles. The lowest BCUT2D eigenvalue weighted by molar-refractivity contribution is -0.384. The van der Waals surface area contributed by atoms with Gasteiger partial charge in [0.25, 0.3) is 0 Å². The molecule has 0 atom stereocenters. The van der Waals surface area contributed by atoms with Crippen molar-refractivity contribution in [1.82, 2.24) is 9.55 Å². The summed E-state index contributed by atoms with van der Waals surface area (Å²) in [6, 6.07) is 4.75. The van der Waals surface area contributed by atoms with Crippen LogP contribution in [0.4, 0.5) is 11.5 Å². The number of aromatic carboxylic acids is 1. The second kappa shape index (κ2) is 8.31. The topological polar surface area (TPSA) is 123 Å². The lowest BCUT2D eigenvalue weighted by Gasteiger charge is -2.11. The van der Waals surface area contributed by atoms with E-state index in [4.69, 9.17) is 0 Å². The van der Waals surface area contributed by atoms with Crippen molar-refractivity contribution in [3.8, 4) is 5.00 Å². The quantitative estimate of drug-likeness (QED) is 0.332. The normalized spacial score (nSPS) is 13.4. The molecule has 9 nitrogen and oxygen atoms in total. The summed E-state index contributed by atoms with van der Waals surface area (Å²) in [5.74, 6) is -0.849. The summed E-state index contributed by atoms with van der Waals surface area (Å²) in [6.45, 7) is 3.83. The van der Waals surface area contributed by atoms with Crippen LogP contribution in [-0.2, 0) is 12.8 Å². The van der Waals surface area contributed by atoms with Gasteiger partial charge in [0.1, 0.15) is 5.00 Å². The minimum Gasteiger partial charge on any atom is -0.478 e. The number of carboxylic acid groups (broad SMARTS) is 1. The van der Waals surface area contributed by atoms with E-state index in [1.54, 1.807) is 17.6 Å². The third kappa shape index (κ3) is 3.81. The number of aryl methyl sites for hydroxylation is 2. The Kier molecular flexibility index (Phi) is 5.55. The van der Waals surface area contributed by atoms with Crippen LogP contribution in [0.1, 0.15) is 50.6 Å². The molecular weight excluding hydrogens is 418 g/mol. The highest BCUT2D eigenvalue weighted by Gasteiger charge is 2.27. The fourth-order valence-corrected chi connectivity index (χ4v) is 5.45. The zero-order valence-electron chi connectivity index (χ0n) is 17.1.